The number of ether oxygens (including phenoxy) is 1. The van der Waals surface area contributed by atoms with Crippen LogP contribution in [0.3, 0.4) is 0 Å². The molecule has 0 N–H and O–H groups in total. The normalized spacial score (nSPS) is 10.8. The maximum Gasteiger partial charge on any atom is 0.246 e. The molecule has 4 nitrogen and oxygen atoms in total. The van der Waals surface area contributed by atoms with Crippen LogP contribution >= 0.6 is 11.6 Å². The summed E-state index contributed by atoms with van der Waals surface area (Å²) in [6.45, 7) is 7.09. The topological polar surface area (TPSA) is 47.7 Å². The van der Waals surface area contributed by atoms with Gasteiger partial charge in [-0.3, -0.25) is 0 Å². The van der Waals surface area contributed by atoms with Gasteiger partial charge >= 0.3 is 0 Å². The second-order valence-electron chi connectivity index (χ2n) is 4.04. The van der Waals surface area contributed by atoms with Gasteiger partial charge in [0.05, 0.1) is 16.5 Å². The molecule has 6 heteroatoms. The predicted octanol–water partition coefficient (Wildman–Crippen LogP) is 4.09. The van der Waals surface area contributed by atoms with Crippen molar-refractivity contribution in [2.75, 3.05) is 6.26 Å². The quantitative estimate of drug-likeness (QED) is 0.803. The Morgan fingerprint density at radius 3 is 2.35 bits per heavy atom. The van der Waals surface area contributed by atoms with Gasteiger partial charge in [0.15, 0.2) is 9.84 Å². The largest absolute Gasteiger partial charge is 0.468 e. The first kappa shape index (κ1) is 14.4. The van der Waals surface area contributed by atoms with E-state index < -0.39 is 9.84 Å². The standard InChI is InChI=1S/C14H10ClNO3S/c1-16-14-12(15)4-3-5-13(14)19-10-6-8-11(9-7-10)20(2,17)18/h3-9H,2H3. The number of benzene rings is 2. The molecule has 0 fully saturated rings. The first-order valence-corrected chi connectivity index (χ1v) is 7.82. The molecule has 20 heavy (non-hydrogen) atoms. The lowest BCUT2D eigenvalue weighted by Crippen LogP contribution is -1.96. The summed E-state index contributed by atoms with van der Waals surface area (Å²) < 4.78 is 28.3. The average molecular weight is 308 g/mol. The molecule has 0 heterocycles. The molecule has 0 saturated heterocycles. The van der Waals surface area contributed by atoms with Crippen molar-refractivity contribution >= 4 is 27.1 Å². The van der Waals surface area contributed by atoms with Crippen LogP contribution < -0.4 is 4.74 Å². The molecule has 2 rings (SSSR count). The van der Waals surface area contributed by atoms with Crippen LogP contribution in [0.2, 0.25) is 5.02 Å². The molecule has 0 unspecified atom stereocenters. The Bertz CT molecular complexity index is 777. The number of halogens is 1. The lowest BCUT2D eigenvalue weighted by Gasteiger charge is -2.08. The van der Waals surface area contributed by atoms with Gasteiger partial charge in [-0.05, 0) is 30.3 Å². The predicted molar refractivity (Wildman–Crippen MR) is 77.3 cm³/mol. The summed E-state index contributed by atoms with van der Waals surface area (Å²) in [5, 5.41) is 0.310. The zero-order valence-electron chi connectivity index (χ0n) is 10.5. The van der Waals surface area contributed by atoms with E-state index in [0.29, 0.717) is 16.5 Å². The highest BCUT2D eigenvalue weighted by molar-refractivity contribution is 7.90. The van der Waals surface area contributed by atoms with Crippen LogP contribution in [-0.2, 0) is 9.84 Å². The molecule has 0 radical (unpaired) electrons. The summed E-state index contributed by atoms with van der Waals surface area (Å²) in [4.78, 5) is 3.53. The number of hydrogen-bond donors (Lipinski definition) is 0. The average Bonchev–Trinajstić information content (AvgIpc) is 2.38. The Morgan fingerprint density at radius 2 is 1.80 bits per heavy atom. The highest BCUT2D eigenvalue weighted by Gasteiger charge is 2.10. The summed E-state index contributed by atoms with van der Waals surface area (Å²) in [5.74, 6) is 0.768. The third-order valence-corrected chi connectivity index (χ3v) is 3.97. The van der Waals surface area contributed by atoms with E-state index in [1.807, 2.05) is 0 Å². The van der Waals surface area contributed by atoms with E-state index in [0.717, 1.165) is 6.26 Å². The Balaban J connectivity index is 2.32. The number of para-hydroxylation sites is 1. The van der Waals surface area contributed by atoms with Crippen LogP contribution in [0.15, 0.2) is 47.4 Å². The van der Waals surface area contributed by atoms with Crippen molar-refractivity contribution in [1.29, 1.82) is 0 Å². The maximum absolute atomic E-state index is 11.3. The van der Waals surface area contributed by atoms with Crippen LogP contribution in [0.1, 0.15) is 0 Å². The van der Waals surface area contributed by atoms with Gasteiger partial charge in [0.25, 0.3) is 0 Å². The highest BCUT2D eigenvalue weighted by atomic mass is 35.5. The van der Waals surface area contributed by atoms with E-state index in [4.69, 9.17) is 22.9 Å². The molecule has 0 aliphatic carbocycles. The van der Waals surface area contributed by atoms with Crippen LogP contribution in [0, 0.1) is 6.57 Å². The summed E-state index contributed by atoms with van der Waals surface area (Å²) >= 11 is 5.91. The van der Waals surface area contributed by atoms with Crippen molar-refractivity contribution in [3.8, 4) is 11.5 Å². The van der Waals surface area contributed by atoms with Crippen molar-refractivity contribution < 1.29 is 13.2 Å². The van der Waals surface area contributed by atoms with Crippen molar-refractivity contribution in [1.82, 2.24) is 0 Å². The number of nitrogens with zero attached hydrogens (tertiary/aromatic N) is 1. The smallest absolute Gasteiger partial charge is 0.246 e. The minimum atomic E-state index is -3.24. The third-order valence-electron chi connectivity index (χ3n) is 2.54. The fraction of sp³-hybridized carbons (Fsp3) is 0.0714. The van der Waals surface area contributed by atoms with Gasteiger partial charge in [0, 0.05) is 6.26 Å². The lowest BCUT2D eigenvalue weighted by atomic mass is 10.3. The van der Waals surface area contributed by atoms with Gasteiger partial charge < -0.3 is 4.74 Å². The lowest BCUT2D eigenvalue weighted by molar-refractivity contribution is 0.485. The highest BCUT2D eigenvalue weighted by Crippen LogP contribution is 2.37. The van der Waals surface area contributed by atoms with Crippen LogP contribution in [-0.4, -0.2) is 14.7 Å². The first-order chi connectivity index (χ1) is 9.41. The Hall–Kier alpha value is -2.03. The molecule has 0 spiro atoms. The molecule has 0 amide bonds. The van der Waals surface area contributed by atoms with Crippen LogP contribution in [0.25, 0.3) is 4.85 Å². The van der Waals surface area contributed by atoms with Gasteiger partial charge in [-0.1, -0.05) is 23.7 Å². The fourth-order valence-electron chi connectivity index (χ4n) is 1.57. The molecular formula is C14H10ClNO3S. The zero-order valence-corrected chi connectivity index (χ0v) is 12.1. The molecule has 2 aromatic rings. The van der Waals surface area contributed by atoms with Crippen molar-refractivity contribution in [2.45, 2.75) is 4.90 Å². The zero-order chi connectivity index (χ0) is 14.8. The van der Waals surface area contributed by atoms with E-state index in [-0.39, 0.29) is 10.6 Å². The molecule has 0 aliphatic heterocycles. The van der Waals surface area contributed by atoms with Gasteiger partial charge in [0.1, 0.15) is 11.5 Å². The summed E-state index contributed by atoms with van der Waals surface area (Å²) in [6.07, 6.45) is 1.14. The van der Waals surface area contributed by atoms with Crippen molar-refractivity contribution in [2.24, 2.45) is 0 Å². The Labute approximate surface area is 122 Å². The third kappa shape index (κ3) is 3.10. The number of hydrogen-bond acceptors (Lipinski definition) is 3. The molecule has 102 valence electrons. The molecule has 0 aromatic heterocycles. The van der Waals surface area contributed by atoms with Crippen LogP contribution in [0.4, 0.5) is 5.69 Å². The molecule has 2 aromatic carbocycles. The van der Waals surface area contributed by atoms with Crippen molar-refractivity contribution in [3.05, 3.63) is 58.9 Å². The molecule has 0 aliphatic rings. The monoisotopic (exact) mass is 307 g/mol. The SMILES string of the molecule is [C-]#[N+]c1c(Cl)cccc1Oc1ccc(S(C)(=O)=O)cc1. The van der Waals surface area contributed by atoms with Gasteiger partial charge in [0.2, 0.25) is 5.69 Å². The molecule has 0 saturated carbocycles. The van der Waals surface area contributed by atoms with E-state index >= 15 is 0 Å². The maximum atomic E-state index is 11.3. The first-order valence-electron chi connectivity index (χ1n) is 5.56. The molecule has 0 atom stereocenters. The number of rotatable bonds is 3. The summed E-state index contributed by atoms with van der Waals surface area (Å²) in [5.41, 5.74) is 0.223. The van der Waals surface area contributed by atoms with Crippen LogP contribution in [0.5, 0.6) is 11.5 Å². The van der Waals surface area contributed by atoms with E-state index in [1.165, 1.54) is 24.3 Å². The van der Waals surface area contributed by atoms with Gasteiger partial charge in [-0.2, -0.15) is 0 Å². The Morgan fingerprint density at radius 1 is 1.15 bits per heavy atom. The number of sulfone groups is 1. The second kappa shape index (κ2) is 5.53. The second-order valence-corrected chi connectivity index (χ2v) is 6.47. The molecule has 0 bridgehead atoms. The van der Waals surface area contributed by atoms with Crippen molar-refractivity contribution in [3.63, 3.8) is 0 Å². The molecular weight excluding hydrogens is 298 g/mol. The minimum Gasteiger partial charge on any atom is -0.468 e. The van der Waals surface area contributed by atoms with E-state index in [9.17, 15) is 8.42 Å². The van der Waals surface area contributed by atoms with Gasteiger partial charge in [-0.25, -0.2) is 13.3 Å². The van der Waals surface area contributed by atoms with E-state index in [1.54, 1.807) is 18.2 Å². The minimum absolute atomic E-state index is 0.210. The summed E-state index contributed by atoms with van der Waals surface area (Å²) in [7, 11) is -3.24. The van der Waals surface area contributed by atoms with Gasteiger partial charge in [-0.15, -0.1) is 0 Å². The Kier molecular flexibility index (Phi) is 3.98. The fourth-order valence-corrected chi connectivity index (χ4v) is 2.41. The van der Waals surface area contributed by atoms with E-state index in [2.05, 4.69) is 4.85 Å². The summed E-state index contributed by atoms with van der Waals surface area (Å²) in [6, 6.07) is 10.9.